The number of benzene rings is 1. The summed E-state index contributed by atoms with van der Waals surface area (Å²) in [5.74, 6) is 0. The molecule has 1 rings (SSSR count). The van der Waals surface area contributed by atoms with Gasteiger partial charge in [-0.1, -0.05) is 13.1 Å². The van der Waals surface area contributed by atoms with Gasteiger partial charge in [0.25, 0.3) is 0 Å². The quantitative estimate of drug-likeness (QED) is 0.386. The minimum atomic E-state index is -0.549. The van der Waals surface area contributed by atoms with Crippen LogP contribution < -0.4 is 22.2 Å². The second kappa shape index (κ2) is 7.34. The molecule has 0 bridgehead atoms. The molecule has 0 fully saturated rings. The Morgan fingerprint density at radius 3 is 1.91 bits per heavy atom. The zero-order valence-electron chi connectivity index (χ0n) is 6.97. The van der Waals surface area contributed by atoms with Gasteiger partial charge in [0.2, 0.25) is 0 Å². The van der Waals surface area contributed by atoms with E-state index in [-0.39, 0.29) is 40.0 Å². The third-order valence-electron chi connectivity index (χ3n) is 1.41. The minimum Gasteiger partial charge on any atom is -1.00 e. The molecule has 0 spiro atoms. The average molecular weight is 239 g/mol. The fourth-order valence-corrected chi connectivity index (χ4v) is 1.75. The van der Waals surface area contributed by atoms with Gasteiger partial charge in [0.15, 0.2) is 0 Å². The van der Waals surface area contributed by atoms with Crippen LogP contribution in [0.3, 0.4) is 0 Å². The molecule has 0 amide bonds. The molecule has 11 heavy (non-hydrogen) atoms. The second-order valence-electron chi connectivity index (χ2n) is 2.49. The van der Waals surface area contributed by atoms with Crippen molar-refractivity contribution in [2.24, 2.45) is 0 Å². The fraction of sp³-hybridized carbons (Fsp3) is 0.250. The molecule has 56 valence electrons. The molecule has 0 atom stereocenters. The maximum absolute atomic E-state index is 3.01. The maximum Gasteiger partial charge on any atom is 2.00 e. The zero-order valence-corrected chi connectivity index (χ0v) is 11.1. The van der Waals surface area contributed by atoms with Gasteiger partial charge in [-0.25, -0.2) is 0 Å². The van der Waals surface area contributed by atoms with Gasteiger partial charge in [0, 0.05) is 8.80 Å². The van der Waals surface area contributed by atoms with Crippen LogP contribution in [0.1, 0.15) is 0 Å². The van der Waals surface area contributed by atoms with E-state index in [0.717, 1.165) is 0 Å². The van der Waals surface area contributed by atoms with E-state index in [1.54, 1.807) is 0 Å². The van der Waals surface area contributed by atoms with E-state index < -0.39 is 8.80 Å². The van der Waals surface area contributed by atoms with Crippen molar-refractivity contribution >= 4 is 37.0 Å². The van der Waals surface area contributed by atoms with Gasteiger partial charge in [0.05, 0.1) is 0 Å². The SMILES string of the molecule is C[SiH](C)c1cc[c-]cc1.[Br-].[Mg+2]. The van der Waals surface area contributed by atoms with E-state index >= 15 is 0 Å². The molecular formula is C8H11BrMgSi. The predicted molar refractivity (Wildman–Crippen MR) is 49.5 cm³/mol. The van der Waals surface area contributed by atoms with Crippen LogP contribution in [0.5, 0.6) is 0 Å². The van der Waals surface area contributed by atoms with Crippen molar-refractivity contribution in [3.63, 3.8) is 0 Å². The third-order valence-corrected chi connectivity index (χ3v) is 3.13. The van der Waals surface area contributed by atoms with Crippen LogP contribution in [-0.2, 0) is 0 Å². The van der Waals surface area contributed by atoms with E-state index in [2.05, 4.69) is 31.3 Å². The molecule has 0 heterocycles. The summed E-state index contributed by atoms with van der Waals surface area (Å²) in [6.07, 6.45) is 0. The number of halogens is 1. The first-order chi connectivity index (χ1) is 4.30. The maximum atomic E-state index is 3.01. The van der Waals surface area contributed by atoms with Crippen LogP contribution in [0.15, 0.2) is 24.3 Å². The first-order valence-electron chi connectivity index (χ1n) is 3.26. The van der Waals surface area contributed by atoms with Crippen LogP contribution in [-0.4, -0.2) is 31.8 Å². The molecule has 1 aromatic rings. The summed E-state index contributed by atoms with van der Waals surface area (Å²) in [5, 5.41) is 1.52. The molecule has 0 aromatic heterocycles. The molecule has 0 nitrogen and oxygen atoms in total. The molecule has 0 aliphatic carbocycles. The Balaban J connectivity index is 0. The molecule has 0 saturated carbocycles. The van der Waals surface area contributed by atoms with E-state index in [4.69, 9.17) is 0 Å². The van der Waals surface area contributed by atoms with Crippen molar-refractivity contribution in [3.8, 4) is 0 Å². The number of hydrogen-bond donors (Lipinski definition) is 0. The molecule has 0 unspecified atom stereocenters. The van der Waals surface area contributed by atoms with Crippen molar-refractivity contribution in [1.82, 2.24) is 0 Å². The van der Waals surface area contributed by atoms with Gasteiger partial charge in [-0.2, -0.15) is 35.5 Å². The smallest absolute Gasteiger partial charge is 1.00 e. The molecule has 1 aromatic carbocycles. The first kappa shape index (κ1) is 14.2. The Kier molecular flexibility index (Phi) is 9.49. The second-order valence-corrected chi connectivity index (χ2v) is 5.46. The topological polar surface area (TPSA) is 0 Å². The normalized spacial score (nSPS) is 8.27. The van der Waals surface area contributed by atoms with Gasteiger partial charge in [-0.3, -0.25) is 0 Å². The van der Waals surface area contributed by atoms with Crippen molar-refractivity contribution in [3.05, 3.63) is 30.3 Å². The fourth-order valence-electron chi connectivity index (χ4n) is 0.785. The van der Waals surface area contributed by atoms with E-state index in [9.17, 15) is 0 Å². The molecule has 0 radical (unpaired) electrons. The largest absolute Gasteiger partial charge is 2.00 e. The van der Waals surface area contributed by atoms with E-state index in [1.165, 1.54) is 5.19 Å². The van der Waals surface area contributed by atoms with E-state index in [0.29, 0.717) is 0 Å². The summed E-state index contributed by atoms with van der Waals surface area (Å²) in [6.45, 7) is 4.66. The zero-order chi connectivity index (χ0) is 6.69. The average Bonchev–Trinajstić information content (AvgIpc) is 1.90. The molecule has 0 N–H and O–H groups in total. The van der Waals surface area contributed by atoms with Crippen LogP contribution in [0.25, 0.3) is 0 Å². The summed E-state index contributed by atoms with van der Waals surface area (Å²) in [4.78, 5) is 0. The van der Waals surface area contributed by atoms with Gasteiger partial charge in [-0.05, 0) is 0 Å². The first-order valence-corrected chi connectivity index (χ1v) is 6.15. The Hall–Kier alpha value is 0.683. The van der Waals surface area contributed by atoms with Gasteiger partial charge < -0.3 is 17.0 Å². The Bertz CT molecular complexity index is 177. The molecule has 0 aliphatic heterocycles. The standard InChI is InChI=1S/C8H11Si.BrH.Mg/c1-9(2)8-6-4-3-5-7-8;;/h4-7,9H,1-2H3;1H;/q-1;;+2/p-1. The molecule has 0 saturated heterocycles. The molecule has 3 heteroatoms. The summed E-state index contributed by atoms with van der Waals surface area (Å²) in [5.41, 5.74) is 0. The molecule has 0 aliphatic rings. The van der Waals surface area contributed by atoms with Crippen molar-refractivity contribution in [1.29, 1.82) is 0 Å². The van der Waals surface area contributed by atoms with Crippen LogP contribution >= 0.6 is 0 Å². The predicted octanol–water partition coefficient (Wildman–Crippen LogP) is -2.20. The minimum absolute atomic E-state index is 0. The summed E-state index contributed by atoms with van der Waals surface area (Å²) >= 11 is 0. The number of rotatable bonds is 1. The Morgan fingerprint density at radius 1 is 1.18 bits per heavy atom. The summed E-state index contributed by atoms with van der Waals surface area (Å²) in [7, 11) is -0.549. The van der Waals surface area contributed by atoms with Crippen LogP contribution in [0.2, 0.25) is 13.1 Å². The Morgan fingerprint density at radius 2 is 1.64 bits per heavy atom. The van der Waals surface area contributed by atoms with E-state index in [1.807, 2.05) is 12.1 Å². The number of hydrogen-bond acceptors (Lipinski definition) is 0. The van der Waals surface area contributed by atoms with Gasteiger partial charge in [0.1, 0.15) is 0 Å². The monoisotopic (exact) mass is 238 g/mol. The third kappa shape index (κ3) is 5.01. The van der Waals surface area contributed by atoms with Crippen molar-refractivity contribution in [2.75, 3.05) is 0 Å². The van der Waals surface area contributed by atoms with Gasteiger partial charge >= 0.3 is 23.1 Å². The van der Waals surface area contributed by atoms with Crippen molar-refractivity contribution in [2.45, 2.75) is 13.1 Å². The van der Waals surface area contributed by atoms with Crippen LogP contribution in [0, 0.1) is 6.07 Å². The molecular weight excluding hydrogens is 228 g/mol. The van der Waals surface area contributed by atoms with Crippen molar-refractivity contribution < 1.29 is 17.0 Å². The Labute approximate surface area is 96.9 Å². The van der Waals surface area contributed by atoms with Crippen LogP contribution in [0.4, 0.5) is 0 Å². The summed E-state index contributed by atoms with van der Waals surface area (Å²) < 4.78 is 0. The summed E-state index contributed by atoms with van der Waals surface area (Å²) in [6, 6.07) is 11.3. The van der Waals surface area contributed by atoms with Gasteiger partial charge in [-0.15, -0.1) is 0 Å².